The number of carbonyl (C=O) groups is 1. The van der Waals surface area contributed by atoms with Crippen molar-refractivity contribution in [3.8, 4) is 0 Å². The number of nitrogens with zero attached hydrogens (tertiary/aromatic N) is 2. The second-order valence-corrected chi connectivity index (χ2v) is 6.43. The summed E-state index contributed by atoms with van der Waals surface area (Å²) in [5.74, 6) is 0.398. The third-order valence-electron chi connectivity index (χ3n) is 3.85. The Bertz CT molecular complexity index is 718. The first-order chi connectivity index (χ1) is 11.6. The highest BCUT2D eigenvalue weighted by Gasteiger charge is 2.11. The minimum atomic E-state index is -0.143. The highest BCUT2D eigenvalue weighted by molar-refractivity contribution is 6.42. The number of piperazine rings is 1. The molecule has 1 aromatic carbocycles. The van der Waals surface area contributed by atoms with Crippen LogP contribution in [0.2, 0.25) is 10.0 Å². The van der Waals surface area contributed by atoms with E-state index in [1.54, 1.807) is 24.4 Å². The Balaban J connectivity index is 0.00000225. The second-order valence-electron chi connectivity index (χ2n) is 5.61. The Morgan fingerprint density at radius 3 is 2.56 bits per heavy atom. The van der Waals surface area contributed by atoms with Gasteiger partial charge in [-0.25, -0.2) is 4.98 Å². The first-order valence-corrected chi connectivity index (χ1v) is 8.53. The normalized spacial score (nSPS) is 13.9. The van der Waals surface area contributed by atoms with Gasteiger partial charge in [0, 0.05) is 26.2 Å². The summed E-state index contributed by atoms with van der Waals surface area (Å²) in [4.78, 5) is 18.7. The average Bonchev–Trinajstić information content (AvgIpc) is 2.59. The van der Waals surface area contributed by atoms with Crippen LogP contribution < -0.4 is 15.5 Å². The summed E-state index contributed by atoms with van der Waals surface area (Å²) in [6, 6.07) is 8.98. The zero-order valence-electron chi connectivity index (χ0n) is 13.5. The molecule has 0 saturated carbocycles. The first kappa shape index (κ1) is 19.8. The van der Waals surface area contributed by atoms with E-state index in [0.717, 1.165) is 37.4 Å². The Labute approximate surface area is 163 Å². The number of aromatic nitrogens is 1. The van der Waals surface area contributed by atoms with Crippen LogP contribution in [0.5, 0.6) is 0 Å². The molecule has 2 aromatic rings. The van der Waals surface area contributed by atoms with Crippen molar-refractivity contribution in [2.45, 2.75) is 6.42 Å². The van der Waals surface area contributed by atoms with Crippen LogP contribution >= 0.6 is 35.6 Å². The number of hydrogen-bond acceptors (Lipinski definition) is 4. The van der Waals surface area contributed by atoms with Crippen molar-refractivity contribution >= 4 is 53.0 Å². The number of halogens is 3. The topological polar surface area (TPSA) is 57.3 Å². The second kappa shape index (κ2) is 9.25. The van der Waals surface area contributed by atoms with Crippen molar-refractivity contribution in [2.75, 3.05) is 36.4 Å². The van der Waals surface area contributed by atoms with Gasteiger partial charge >= 0.3 is 0 Å². The maximum Gasteiger partial charge on any atom is 0.229 e. The molecule has 1 fully saturated rings. The third kappa shape index (κ3) is 5.47. The number of nitrogens with one attached hydrogen (secondary N) is 2. The largest absolute Gasteiger partial charge is 0.368 e. The molecule has 0 unspecified atom stereocenters. The van der Waals surface area contributed by atoms with Crippen molar-refractivity contribution in [1.29, 1.82) is 0 Å². The minimum Gasteiger partial charge on any atom is -0.368 e. The predicted molar refractivity (Wildman–Crippen MR) is 105 cm³/mol. The van der Waals surface area contributed by atoms with Crippen molar-refractivity contribution in [3.05, 3.63) is 52.1 Å². The number of rotatable bonds is 4. The molecule has 0 radical (unpaired) electrons. The lowest BCUT2D eigenvalue weighted by molar-refractivity contribution is -0.115. The molecule has 1 amide bonds. The SMILES string of the molecule is Cl.O=C(Cc1ccc(Cl)c(Cl)c1)Nc1ccc(N2CCNCC2)cn1. The Kier molecular flexibility index (Phi) is 7.32. The number of benzene rings is 1. The van der Waals surface area contributed by atoms with Gasteiger partial charge in [-0.05, 0) is 29.8 Å². The molecule has 2 heterocycles. The van der Waals surface area contributed by atoms with Gasteiger partial charge in [0.25, 0.3) is 0 Å². The summed E-state index contributed by atoms with van der Waals surface area (Å²) in [5, 5.41) is 7.04. The Hall–Kier alpha value is -1.53. The van der Waals surface area contributed by atoms with Crippen LogP contribution in [0.3, 0.4) is 0 Å². The van der Waals surface area contributed by atoms with E-state index in [2.05, 4.69) is 20.5 Å². The van der Waals surface area contributed by atoms with Gasteiger partial charge in [-0.3, -0.25) is 4.79 Å². The summed E-state index contributed by atoms with van der Waals surface area (Å²) in [7, 11) is 0. The quantitative estimate of drug-likeness (QED) is 0.824. The summed E-state index contributed by atoms with van der Waals surface area (Å²) in [5.41, 5.74) is 1.87. The van der Waals surface area contributed by atoms with E-state index in [9.17, 15) is 4.79 Å². The molecule has 0 aliphatic carbocycles. The number of carbonyl (C=O) groups excluding carboxylic acids is 1. The third-order valence-corrected chi connectivity index (χ3v) is 4.59. The Morgan fingerprint density at radius 1 is 1.16 bits per heavy atom. The van der Waals surface area contributed by atoms with Crippen LogP contribution in [0.25, 0.3) is 0 Å². The number of amides is 1. The average molecular weight is 402 g/mol. The molecule has 1 aliphatic heterocycles. The molecule has 2 N–H and O–H groups in total. The van der Waals surface area contributed by atoms with E-state index >= 15 is 0 Å². The van der Waals surface area contributed by atoms with Gasteiger partial charge in [0.1, 0.15) is 5.82 Å². The van der Waals surface area contributed by atoms with Gasteiger partial charge in [-0.15, -0.1) is 12.4 Å². The smallest absolute Gasteiger partial charge is 0.229 e. The van der Waals surface area contributed by atoms with E-state index in [4.69, 9.17) is 23.2 Å². The van der Waals surface area contributed by atoms with Crippen molar-refractivity contribution in [1.82, 2.24) is 10.3 Å². The summed E-state index contributed by atoms with van der Waals surface area (Å²) in [6.45, 7) is 3.87. The van der Waals surface area contributed by atoms with E-state index in [1.807, 2.05) is 12.1 Å². The molecule has 1 aromatic heterocycles. The lowest BCUT2D eigenvalue weighted by Crippen LogP contribution is -2.43. The summed E-state index contributed by atoms with van der Waals surface area (Å²) < 4.78 is 0. The van der Waals surface area contributed by atoms with Crippen molar-refractivity contribution in [2.24, 2.45) is 0 Å². The molecule has 134 valence electrons. The monoisotopic (exact) mass is 400 g/mol. The van der Waals surface area contributed by atoms with E-state index < -0.39 is 0 Å². The van der Waals surface area contributed by atoms with Gasteiger partial charge in [-0.2, -0.15) is 0 Å². The molecule has 5 nitrogen and oxygen atoms in total. The molecule has 1 saturated heterocycles. The van der Waals surface area contributed by atoms with Crippen LogP contribution in [0.4, 0.5) is 11.5 Å². The number of pyridine rings is 1. The lowest BCUT2D eigenvalue weighted by atomic mass is 10.1. The molecule has 8 heteroatoms. The fourth-order valence-electron chi connectivity index (χ4n) is 2.59. The number of hydrogen-bond donors (Lipinski definition) is 2. The first-order valence-electron chi connectivity index (χ1n) is 7.77. The molecule has 25 heavy (non-hydrogen) atoms. The molecule has 0 atom stereocenters. The van der Waals surface area contributed by atoms with Crippen LogP contribution in [0.1, 0.15) is 5.56 Å². The highest BCUT2D eigenvalue weighted by Crippen LogP contribution is 2.23. The van der Waals surface area contributed by atoms with E-state index in [0.29, 0.717) is 15.9 Å². The van der Waals surface area contributed by atoms with E-state index in [-0.39, 0.29) is 24.7 Å². The maximum atomic E-state index is 12.1. The van der Waals surface area contributed by atoms with E-state index in [1.165, 1.54) is 0 Å². The van der Waals surface area contributed by atoms with Crippen LogP contribution in [-0.2, 0) is 11.2 Å². The van der Waals surface area contributed by atoms with Gasteiger partial charge < -0.3 is 15.5 Å². The van der Waals surface area contributed by atoms with Gasteiger partial charge in [0.15, 0.2) is 0 Å². The minimum absolute atomic E-state index is 0. The van der Waals surface area contributed by atoms with Gasteiger partial charge in [0.2, 0.25) is 5.91 Å². The van der Waals surface area contributed by atoms with Crippen LogP contribution in [-0.4, -0.2) is 37.1 Å². The predicted octanol–water partition coefficient (Wildman–Crippen LogP) is 3.40. The standard InChI is InChI=1S/C17H18Cl2N4O.ClH/c18-14-3-1-12(9-15(14)19)10-17(24)22-16-4-2-13(11-21-16)23-7-5-20-6-8-23;/h1-4,9,11,20H,5-8,10H2,(H,21,22,24);1H. The van der Waals surface area contributed by atoms with Gasteiger partial charge in [-0.1, -0.05) is 29.3 Å². The zero-order valence-corrected chi connectivity index (χ0v) is 15.8. The van der Waals surface area contributed by atoms with Gasteiger partial charge in [0.05, 0.1) is 28.4 Å². The lowest BCUT2D eigenvalue weighted by Gasteiger charge is -2.29. The zero-order chi connectivity index (χ0) is 16.9. The fourth-order valence-corrected chi connectivity index (χ4v) is 2.91. The molecular weight excluding hydrogens is 383 g/mol. The highest BCUT2D eigenvalue weighted by atomic mass is 35.5. The van der Waals surface area contributed by atoms with Crippen LogP contribution in [0.15, 0.2) is 36.5 Å². The molecule has 0 spiro atoms. The molecule has 3 rings (SSSR count). The van der Waals surface area contributed by atoms with Crippen molar-refractivity contribution in [3.63, 3.8) is 0 Å². The molecule has 1 aliphatic rings. The van der Waals surface area contributed by atoms with Crippen LogP contribution in [0, 0.1) is 0 Å². The maximum absolute atomic E-state index is 12.1. The fraction of sp³-hybridized carbons (Fsp3) is 0.294. The molecular formula is C17H19Cl3N4O. The molecule has 0 bridgehead atoms. The Morgan fingerprint density at radius 2 is 1.92 bits per heavy atom. The number of anilines is 2. The van der Waals surface area contributed by atoms with Crippen molar-refractivity contribution < 1.29 is 4.79 Å². The summed E-state index contributed by atoms with van der Waals surface area (Å²) in [6.07, 6.45) is 2.01. The summed E-state index contributed by atoms with van der Waals surface area (Å²) >= 11 is 11.8.